The highest BCUT2D eigenvalue weighted by Crippen LogP contribution is 2.63. The van der Waals surface area contributed by atoms with Gasteiger partial charge in [0.2, 0.25) is 0 Å². The second-order valence-corrected chi connectivity index (χ2v) is 7.91. The van der Waals surface area contributed by atoms with Crippen LogP contribution in [0.1, 0.15) is 0 Å². The highest BCUT2D eigenvalue weighted by molar-refractivity contribution is 7.90. The van der Waals surface area contributed by atoms with E-state index in [1.165, 1.54) is 0 Å². The molecule has 0 heterocycles. The molecule has 0 aromatic heterocycles. The summed E-state index contributed by atoms with van der Waals surface area (Å²) in [5.74, 6) is -53.5. The van der Waals surface area contributed by atoms with Crippen LogP contribution in [-0.2, 0) is 10.0 Å². The summed E-state index contributed by atoms with van der Waals surface area (Å²) in [6, 6.07) is -8.16. The molecular weight excluding hydrogens is 613 g/mol. The summed E-state index contributed by atoms with van der Waals surface area (Å²) in [7, 11) is -8.37. The third-order valence-corrected chi connectivity index (χ3v) is 5.12. The van der Waals surface area contributed by atoms with Crippen molar-refractivity contribution in [3.8, 4) is 0 Å². The Morgan fingerprint density at radius 2 is 0.694 bits per heavy atom. The highest BCUT2D eigenvalue weighted by atomic mass is 32.2. The Balaban J connectivity index is 6.92. The molecule has 0 aromatic rings. The molecule has 0 aromatic carbocycles. The summed E-state index contributed by atoms with van der Waals surface area (Å²) >= 11 is 0. The number of halogens is 21. The SMILES string of the molecule is O=S(=O)(NC(F)(F)C(F)(F)C(F)(F)C(F)(F)C(F)(F)C(F)(F)C(F)(F)C(F)(F)F)C(F)(F)C(O)(F)F. The molecule has 0 unspecified atom stereocenters. The van der Waals surface area contributed by atoms with Gasteiger partial charge in [-0.3, -0.25) is 0 Å². The predicted octanol–water partition coefficient (Wildman–Crippen LogP) is 5.05. The van der Waals surface area contributed by atoms with E-state index < -0.39 is 73.9 Å². The summed E-state index contributed by atoms with van der Waals surface area (Å²) < 4.78 is 289. The molecule has 218 valence electrons. The summed E-state index contributed by atoms with van der Waals surface area (Å²) in [5, 5.41) is 0.118. The molecule has 26 heteroatoms. The zero-order chi connectivity index (χ0) is 30.2. The summed E-state index contributed by atoms with van der Waals surface area (Å²) in [4.78, 5) is 0. The molecule has 0 saturated carbocycles. The summed E-state index contributed by atoms with van der Waals surface area (Å²) in [6.45, 7) is 0. The first-order valence-electron chi connectivity index (χ1n) is 7.18. The van der Waals surface area contributed by atoms with E-state index in [-0.39, 0.29) is 0 Å². The van der Waals surface area contributed by atoms with E-state index in [1.807, 2.05) is 0 Å². The van der Waals surface area contributed by atoms with Crippen molar-refractivity contribution >= 4 is 10.0 Å². The van der Waals surface area contributed by atoms with E-state index in [2.05, 4.69) is 0 Å². The lowest BCUT2D eigenvalue weighted by Gasteiger charge is -2.42. The minimum absolute atomic E-state index is 1.83. The molecule has 0 saturated heterocycles. The highest BCUT2D eigenvalue weighted by Gasteiger charge is 2.95. The standard InChI is InChI=1S/C10H2F21NO3S/c11-1(12,3(15,16)5(19,20)7(23,24)25)2(13,14)4(17,18)6(21,22)8(26,27)32-36(34,35)10(30,31)9(28,29)33/h32-33H. The fraction of sp³-hybridized carbons (Fsp3) is 1.00. The third-order valence-electron chi connectivity index (χ3n) is 3.67. The van der Waals surface area contributed by atoms with E-state index >= 15 is 0 Å². The molecule has 36 heavy (non-hydrogen) atoms. The van der Waals surface area contributed by atoms with E-state index in [1.54, 1.807) is 0 Å². The Labute approximate surface area is 181 Å². The van der Waals surface area contributed by atoms with Crippen molar-refractivity contribution in [2.45, 2.75) is 59.1 Å². The number of sulfonamides is 1. The second-order valence-electron chi connectivity index (χ2n) is 6.18. The topological polar surface area (TPSA) is 66.4 Å². The first-order valence-corrected chi connectivity index (χ1v) is 8.67. The van der Waals surface area contributed by atoms with Gasteiger partial charge in [-0.05, 0) is 0 Å². The second kappa shape index (κ2) is 8.20. The Hall–Kier alpha value is -1.60. The normalized spacial score (nSPS) is 16.9. The van der Waals surface area contributed by atoms with Crippen molar-refractivity contribution in [1.29, 1.82) is 0 Å². The minimum Gasteiger partial charge on any atom is -0.331 e. The smallest absolute Gasteiger partial charge is 0.331 e. The quantitative estimate of drug-likeness (QED) is 0.267. The van der Waals surface area contributed by atoms with Gasteiger partial charge in [-0.1, -0.05) is 0 Å². The van der Waals surface area contributed by atoms with E-state index in [9.17, 15) is 101 Å². The molecule has 0 rings (SSSR count). The van der Waals surface area contributed by atoms with Gasteiger partial charge in [0, 0.05) is 0 Å². The van der Waals surface area contributed by atoms with Gasteiger partial charge in [0.15, 0.2) is 0 Å². The molecular formula is C10H2F21NO3S. The molecule has 4 nitrogen and oxygen atoms in total. The van der Waals surface area contributed by atoms with Crippen molar-refractivity contribution in [3.63, 3.8) is 0 Å². The molecule has 0 atom stereocenters. The maximum Gasteiger partial charge on any atom is 0.460 e. The number of alkyl halides is 21. The average molecular weight is 615 g/mol. The number of rotatable bonds is 10. The van der Waals surface area contributed by atoms with Crippen LogP contribution in [-0.4, -0.2) is 72.6 Å². The first-order chi connectivity index (χ1) is 15.0. The lowest BCUT2D eigenvalue weighted by Crippen LogP contribution is -2.76. The Morgan fingerprint density at radius 3 is 0.944 bits per heavy atom. The van der Waals surface area contributed by atoms with Gasteiger partial charge in [0.25, 0.3) is 10.0 Å². The van der Waals surface area contributed by atoms with Crippen molar-refractivity contribution in [3.05, 3.63) is 0 Å². The third kappa shape index (κ3) is 4.38. The number of hydrogen-bond acceptors (Lipinski definition) is 3. The van der Waals surface area contributed by atoms with Crippen LogP contribution >= 0.6 is 0 Å². The molecule has 0 spiro atoms. The lowest BCUT2D eigenvalue weighted by molar-refractivity contribution is -0.462. The Kier molecular flexibility index (Phi) is 7.83. The molecule has 0 aliphatic rings. The van der Waals surface area contributed by atoms with Crippen molar-refractivity contribution in [2.75, 3.05) is 0 Å². The van der Waals surface area contributed by atoms with Crippen LogP contribution in [0, 0.1) is 0 Å². The maximum atomic E-state index is 13.4. The van der Waals surface area contributed by atoms with Gasteiger partial charge in [-0.2, -0.15) is 92.2 Å². The van der Waals surface area contributed by atoms with Gasteiger partial charge in [0.1, 0.15) is 0 Å². The lowest BCUT2D eigenvalue weighted by atomic mass is 9.90. The van der Waals surface area contributed by atoms with Crippen LogP contribution < -0.4 is 4.72 Å². The van der Waals surface area contributed by atoms with Crippen LogP contribution in [0.25, 0.3) is 0 Å². The fourth-order valence-corrected chi connectivity index (χ4v) is 2.54. The van der Waals surface area contributed by atoms with Crippen molar-refractivity contribution in [1.82, 2.24) is 4.72 Å². The van der Waals surface area contributed by atoms with Crippen LogP contribution in [0.4, 0.5) is 92.2 Å². The Morgan fingerprint density at radius 1 is 0.444 bits per heavy atom. The van der Waals surface area contributed by atoms with Crippen LogP contribution in [0.3, 0.4) is 0 Å². The van der Waals surface area contributed by atoms with Gasteiger partial charge < -0.3 is 5.11 Å². The van der Waals surface area contributed by atoms with E-state index in [0.717, 1.165) is 0 Å². The van der Waals surface area contributed by atoms with E-state index in [4.69, 9.17) is 5.11 Å². The molecule has 0 fully saturated rings. The van der Waals surface area contributed by atoms with E-state index in [0.29, 0.717) is 0 Å². The van der Waals surface area contributed by atoms with Gasteiger partial charge in [-0.15, -0.1) is 4.72 Å². The summed E-state index contributed by atoms with van der Waals surface area (Å²) in [6.07, 6.45) is -15.1. The molecule has 2 N–H and O–H groups in total. The zero-order valence-electron chi connectivity index (χ0n) is 15.1. The predicted molar refractivity (Wildman–Crippen MR) is 64.9 cm³/mol. The average Bonchev–Trinajstić information content (AvgIpc) is 2.57. The van der Waals surface area contributed by atoms with Crippen LogP contribution in [0.15, 0.2) is 0 Å². The number of nitrogens with one attached hydrogen (secondary N) is 1. The largest absolute Gasteiger partial charge is 0.460 e. The van der Waals surface area contributed by atoms with Gasteiger partial charge >= 0.3 is 59.1 Å². The summed E-state index contributed by atoms with van der Waals surface area (Å²) in [5.41, 5.74) is 0. The van der Waals surface area contributed by atoms with Crippen molar-refractivity contribution < 1.29 is 106 Å². The van der Waals surface area contributed by atoms with Crippen LogP contribution in [0.5, 0.6) is 0 Å². The molecule has 0 aliphatic heterocycles. The maximum absolute atomic E-state index is 13.4. The van der Waals surface area contributed by atoms with Crippen LogP contribution in [0.2, 0.25) is 0 Å². The molecule has 0 bridgehead atoms. The molecule has 0 radical (unpaired) electrons. The van der Waals surface area contributed by atoms with Crippen molar-refractivity contribution in [2.24, 2.45) is 0 Å². The molecule has 0 amide bonds. The monoisotopic (exact) mass is 615 g/mol. The number of hydrogen-bond donors (Lipinski definition) is 2. The fourth-order valence-electron chi connectivity index (χ4n) is 1.62. The van der Waals surface area contributed by atoms with Gasteiger partial charge in [0.05, 0.1) is 0 Å². The number of aliphatic hydroxyl groups is 1. The molecule has 0 aliphatic carbocycles. The Bertz CT molecular complexity index is 929. The first kappa shape index (κ1) is 34.4. The van der Waals surface area contributed by atoms with Gasteiger partial charge in [-0.25, -0.2) is 8.42 Å². The zero-order valence-corrected chi connectivity index (χ0v) is 15.9. The minimum atomic E-state index is -9.17.